The van der Waals surface area contributed by atoms with E-state index in [-0.39, 0.29) is 12.0 Å². The molecule has 1 aromatic heterocycles. The van der Waals surface area contributed by atoms with Crippen LogP contribution in [0.4, 0.5) is 0 Å². The van der Waals surface area contributed by atoms with Crippen molar-refractivity contribution < 1.29 is 9.53 Å². The Labute approximate surface area is 82.9 Å². The number of carbonyl (C=O) groups is 1. The van der Waals surface area contributed by atoms with Gasteiger partial charge >= 0.3 is 5.97 Å². The van der Waals surface area contributed by atoms with Gasteiger partial charge in [-0.25, -0.2) is 4.79 Å². The molecule has 0 saturated carbocycles. The zero-order chi connectivity index (χ0) is 9.97. The number of aromatic nitrogens is 1. The summed E-state index contributed by atoms with van der Waals surface area (Å²) in [5.74, 6) is -0.155. The van der Waals surface area contributed by atoms with Crippen molar-refractivity contribution in [2.24, 2.45) is 0 Å². The van der Waals surface area contributed by atoms with Crippen molar-refractivity contribution in [3.63, 3.8) is 0 Å². The van der Waals surface area contributed by atoms with Gasteiger partial charge in [-0.1, -0.05) is 0 Å². The topological polar surface area (TPSA) is 43.3 Å². The lowest BCUT2D eigenvalue weighted by atomic mass is 10.2. The number of hydrogen-bond acceptors (Lipinski definition) is 3. The quantitative estimate of drug-likeness (QED) is 0.705. The van der Waals surface area contributed by atoms with E-state index < -0.39 is 0 Å². The van der Waals surface area contributed by atoms with Crippen LogP contribution in [0, 0.1) is 0 Å². The van der Waals surface area contributed by atoms with Crippen molar-refractivity contribution in [2.75, 3.05) is 13.2 Å². The summed E-state index contributed by atoms with van der Waals surface area (Å²) in [6.45, 7) is 3.74. The third-order valence-corrected chi connectivity index (χ3v) is 2.41. The maximum atomic E-state index is 11.6. The Hall–Kier alpha value is -1.29. The molecule has 1 unspecified atom stereocenters. The molecule has 1 aliphatic rings. The van der Waals surface area contributed by atoms with Crippen LogP contribution in [0.25, 0.3) is 0 Å². The van der Waals surface area contributed by atoms with Crippen LogP contribution >= 0.6 is 0 Å². The lowest BCUT2D eigenvalue weighted by molar-refractivity contribution is -0.147. The molecule has 76 valence electrons. The van der Waals surface area contributed by atoms with Gasteiger partial charge in [-0.2, -0.15) is 0 Å². The summed E-state index contributed by atoms with van der Waals surface area (Å²) in [7, 11) is 0. The van der Waals surface area contributed by atoms with E-state index in [0.717, 1.165) is 12.2 Å². The molecule has 0 aromatic carbocycles. The average Bonchev–Trinajstić information content (AvgIpc) is 2.65. The standard InChI is InChI=1S/C10H14N2O2/c1-2-14-10(13)9-7-11-6-8-4-3-5-12(8)9/h3-5,9,11H,2,6-7H2,1H3. The molecule has 0 amide bonds. The smallest absolute Gasteiger partial charge is 0.330 e. The zero-order valence-corrected chi connectivity index (χ0v) is 8.19. The van der Waals surface area contributed by atoms with E-state index in [1.54, 1.807) is 0 Å². The number of nitrogens with zero attached hydrogens (tertiary/aromatic N) is 1. The third kappa shape index (κ3) is 1.53. The number of esters is 1. The maximum absolute atomic E-state index is 11.6. The summed E-state index contributed by atoms with van der Waals surface area (Å²) >= 11 is 0. The lowest BCUT2D eigenvalue weighted by Gasteiger charge is -2.25. The minimum absolute atomic E-state index is 0.155. The number of fused-ring (bicyclic) bond motifs is 1. The highest BCUT2D eigenvalue weighted by atomic mass is 16.5. The predicted octanol–water partition coefficient (Wildman–Crippen LogP) is 0.695. The molecule has 2 heterocycles. The summed E-state index contributed by atoms with van der Waals surface area (Å²) in [5, 5.41) is 3.19. The molecule has 1 atom stereocenters. The molecule has 4 nitrogen and oxygen atoms in total. The molecule has 4 heteroatoms. The summed E-state index contributed by atoms with van der Waals surface area (Å²) < 4.78 is 6.99. The summed E-state index contributed by atoms with van der Waals surface area (Å²) in [5.41, 5.74) is 1.13. The molecule has 2 rings (SSSR count). The number of carbonyl (C=O) groups excluding carboxylic acids is 1. The molecule has 0 bridgehead atoms. The fourth-order valence-corrected chi connectivity index (χ4v) is 1.75. The fraction of sp³-hybridized carbons (Fsp3) is 0.500. The Morgan fingerprint density at radius 3 is 3.43 bits per heavy atom. The van der Waals surface area contributed by atoms with Gasteiger partial charge in [0.1, 0.15) is 6.04 Å². The van der Waals surface area contributed by atoms with E-state index in [0.29, 0.717) is 13.2 Å². The van der Waals surface area contributed by atoms with Crippen molar-refractivity contribution in [1.82, 2.24) is 9.88 Å². The van der Waals surface area contributed by atoms with Crippen LogP contribution in [-0.4, -0.2) is 23.7 Å². The van der Waals surface area contributed by atoms with Gasteiger partial charge in [0.25, 0.3) is 0 Å². The van der Waals surface area contributed by atoms with Gasteiger partial charge in [-0.05, 0) is 19.1 Å². The SMILES string of the molecule is CCOC(=O)C1CNCc2cccn21. The van der Waals surface area contributed by atoms with Crippen molar-refractivity contribution in [1.29, 1.82) is 0 Å². The molecule has 0 fully saturated rings. The van der Waals surface area contributed by atoms with Crippen LogP contribution in [0.2, 0.25) is 0 Å². The van der Waals surface area contributed by atoms with Crippen molar-refractivity contribution in [3.05, 3.63) is 24.0 Å². The predicted molar refractivity (Wildman–Crippen MR) is 51.8 cm³/mol. The Morgan fingerprint density at radius 1 is 1.79 bits per heavy atom. The molecule has 0 spiro atoms. The van der Waals surface area contributed by atoms with Gasteiger partial charge in [0.05, 0.1) is 6.61 Å². The second-order valence-electron chi connectivity index (χ2n) is 3.31. The zero-order valence-electron chi connectivity index (χ0n) is 8.19. The van der Waals surface area contributed by atoms with Crippen LogP contribution in [0.5, 0.6) is 0 Å². The number of nitrogens with one attached hydrogen (secondary N) is 1. The molecule has 14 heavy (non-hydrogen) atoms. The number of hydrogen-bond donors (Lipinski definition) is 1. The molecule has 0 aliphatic carbocycles. The van der Waals surface area contributed by atoms with E-state index in [9.17, 15) is 4.79 Å². The Morgan fingerprint density at radius 2 is 2.64 bits per heavy atom. The Balaban J connectivity index is 2.19. The van der Waals surface area contributed by atoms with Crippen LogP contribution in [0.3, 0.4) is 0 Å². The second kappa shape index (κ2) is 3.84. The van der Waals surface area contributed by atoms with Crippen molar-refractivity contribution in [3.8, 4) is 0 Å². The molecular formula is C10H14N2O2. The second-order valence-corrected chi connectivity index (χ2v) is 3.31. The maximum Gasteiger partial charge on any atom is 0.330 e. The van der Waals surface area contributed by atoms with Crippen LogP contribution in [0.15, 0.2) is 18.3 Å². The average molecular weight is 194 g/mol. The lowest BCUT2D eigenvalue weighted by Crippen LogP contribution is -2.37. The molecule has 0 saturated heterocycles. The van der Waals surface area contributed by atoms with Crippen molar-refractivity contribution >= 4 is 5.97 Å². The molecular weight excluding hydrogens is 180 g/mol. The van der Waals surface area contributed by atoms with Gasteiger partial charge < -0.3 is 14.6 Å². The van der Waals surface area contributed by atoms with Crippen molar-refractivity contribution in [2.45, 2.75) is 19.5 Å². The molecule has 0 radical (unpaired) electrons. The first-order valence-corrected chi connectivity index (χ1v) is 4.86. The first kappa shape index (κ1) is 9.27. The monoisotopic (exact) mass is 194 g/mol. The summed E-state index contributed by atoms with van der Waals surface area (Å²) in [6, 6.07) is 3.76. The number of rotatable bonds is 2. The molecule has 1 aromatic rings. The van der Waals surface area contributed by atoms with Gasteiger partial charge in [-0.15, -0.1) is 0 Å². The Kier molecular flexibility index (Phi) is 2.54. The van der Waals surface area contributed by atoms with Crippen LogP contribution < -0.4 is 5.32 Å². The third-order valence-electron chi connectivity index (χ3n) is 2.41. The van der Waals surface area contributed by atoms with Gasteiger partial charge in [0.2, 0.25) is 0 Å². The summed E-state index contributed by atoms with van der Waals surface area (Å²) in [6.07, 6.45) is 1.93. The van der Waals surface area contributed by atoms with E-state index in [1.807, 2.05) is 29.8 Å². The van der Waals surface area contributed by atoms with Gasteiger partial charge in [0, 0.05) is 25.0 Å². The number of ether oxygens (including phenoxy) is 1. The van der Waals surface area contributed by atoms with E-state index in [1.165, 1.54) is 0 Å². The van der Waals surface area contributed by atoms with Gasteiger partial charge in [-0.3, -0.25) is 0 Å². The van der Waals surface area contributed by atoms with Gasteiger partial charge in [0.15, 0.2) is 0 Å². The minimum atomic E-state index is -0.200. The van der Waals surface area contributed by atoms with Crippen LogP contribution in [0.1, 0.15) is 18.7 Å². The van der Waals surface area contributed by atoms with E-state index in [2.05, 4.69) is 5.32 Å². The minimum Gasteiger partial charge on any atom is -0.464 e. The fourth-order valence-electron chi connectivity index (χ4n) is 1.75. The van der Waals surface area contributed by atoms with E-state index >= 15 is 0 Å². The Bertz CT molecular complexity index is 333. The summed E-state index contributed by atoms with van der Waals surface area (Å²) in [4.78, 5) is 11.6. The molecule has 1 N–H and O–H groups in total. The normalized spacial score (nSPS) is 20.2. The highest BCUT2D eigenvalue weighted by molar-refractivity contribution is 5.74. The highest BCUT2D eigenvalue weighted by Gasteiger charge is 2.25. The molecule has 1 aliphatic heterocycles. The largest absolute Gasteiger partial charge is 0.464 e. The van der Waals surface area contributed by atoms with E-state index in [4.69, 9.17) is 4.74 Å². The van der Waals surface area contributed by atoms with Crippen LogP contribution in [-0.2, 0) is 16.1 Å². The highest BCUT2D eigenvalue weighted by Crippen LogP contribution is 2.17. The first-order valence-electron chi connectivity index (χ1n) is 4.86. The first-order chi connectivity index (χ1) is 6.83.